The molecule has 8 nitrogen and oxygen atoms in total. The van der Waals surface area contributed by atoms with Crippen molar-refractivity contribution < 1.29 is 29.8 Å². The normalized spacial score (nSPS) is 12.9. The summed E-state index contributed by atoms with van der Waals surface area (Å²) in [5.41, 5.74) is 5.03. The van der Waals surface area contributed by atoms with Crippen molar-refractivity contribution in [3.63, 3.8) is 0 Å². The van der Waals surface area contributed by atoms with Crippen molar-refractivity contribution in [2.75, 3.05) is 12.8 Å². The van der Waals surface area contributed by atoms with E-state index in [2.05, 4.69) is 15.1 Å². The van der Waals surface area contributed by atoms with Crippen LogP contribution in [0, 0.1) is 12.7 Å². The minimum absolute atomic E-state index is 0.0563. The Labute approximate surface area is 193 Å². The zero-order chi connectivity index (χ0) is 26.4. The van der Waals surface area contributed by atoms with Crippen LogP contribution in [0.5, 0.6) is 5.88 Å². The van der Waals surface area contributed by atoms with Gasteiger partial charge in [-0.3, -0.25) is 4.79 Å². The van der Waals surface area contributed by atoms with E-state index in [9.17, 15) is 22.4 Å². The van der Waals surface area contributed by atoms with Gasteiger partial charge in [-0.25, -0.2) is 13.9 Å². The largest absolute Gasteiger partial charge is 0.480 e. The van der Waals surface area contributed by atoms with Crippen molar-refractivity contribution in [1.82, 2.24) is 24.9 Å². The standard InChI is InChI=1S/C22H18F4N6O2/c1-11-15(12-5-6-32-18(8-12)30-21(27)31-32)9-16(20(29-11)34-2)19(33)28-10-13-7-14(22(24,25)26)3-4-17(13)23/h3-9H,10H2,1-2H3,(H2,27,31)(H,28,33)/i10D2. The zero-order valence-electron chi connectivity index (χ0n) is 19.7. The fourth-order valence-electron chi connectivity index (χ4n) is 3.25. The van der Waals surface area contributed by atoms with Crippen LogP contribution in [0.25, 0.3) is 16.8 Å². The first kappa shape index (κ1) is 20.4. The predicted molar refractivity (Wildman–Crippen MR) is 114 cm³/mol. The number of nitrogen functional groups attached to an aromatic ring is 1. The molecular weight excluding hydrogens is 456 g/mol. The van der Waals surface area contributed by atoms with Crippen molar-refractivity contribution in [1.29, 1.82) is 0 Å². The van der Waals surface area contributed by atoms with Crippen LogP contribution in [0.3, 0.4) is 0 Å². The number of amides is 1. The van der Waals surface area contributed by atoms with E-state index in [1.165, 1.54) is 17.7 Å². The number of halogens is 4. The van der Waals surface area contributed by atoms with E-state index in [0.717, 1.165) is 0 Å². The molecule has 4 aromatic rings. The van der Waals surface area contributed by atoms with Crippen LogP contribution >= 0.6 is 0 Å². The molecule has 0 radical (unpaired) electrons. The Morgan fingerprint density at radius 3 is 2.71 bits per heavy atom. The Bertz CT molecular complexity index is 1490. The third kappa shape index (κ3) is 4.47. The average molecular weight is 476 g/mol. The van der Waals surface area contributed by atoms with E-state index in [-0.39, 0.29) is 17.4 Å². The average Bonchev–Trinajstić information content (AvgIpc) is 3.16. The van der Waals surface area contributed by atoms with Gasteiger partial charge in [0.1, 0.15) is 11.4 Å². The van der Waals surface area contributed by atoms with Crippen molar-refractivity contribution in [3.8, 4) is 17.0 Å². The Balaban J connectivity index is 1.73. The minimum atomic E-state index is -4.84. The number of alkyl halides is 3. The van der Waals surface area contributed by atoms with Crippen LogP contribution < -0.4 is 15.8 Å². The quantitative estimate of drug-likeness (QED) is 0.425. The number of carbonyl (C=O) groups is 1. The Hall–Kier alpha value is -4.22. The summed E-state index contributed by atoms with van der Waals surface area (Å²) in [4.78, 5) is 21.4. The lowest BCUT2D eigenvalue weighted by atomic mass is 10.0. The number of pyridine rings is 2. The van der Waals surface area contributed by atoms with Gasteiger partial charge < -0.3 is 15.8 Å². The predicted octanol–water partition coefficient (Wildman–Crippen LogP) is 3.78. The fourth-order valence-corrected chi connectivity index (χ4v) is 3.25. The molecule has 0 unspecified atom stereocenters. The van der Waals surface area contributed by atoms with Gasteiger partial charge in [0.05, 0.1) is 15.4 Å². The summed E-state index contributed by atoms with van der Waals surface area (Å²) in [5.74, 6) is -2.46. The smallest absolute Gasteiger partial charge is 0.416 e. The number of aryl methyl sites for hydroxylation is 1. The summed E-state index contributed by atoms with van der Waals surface area (Å²) in [7, 11) is 1.24. The highest BCUT2D eigenvalue weighted by Gasteiger charge is 2.31. The highest BCUT2D eigenvalue weighted by molar-refractivity contribution is 5.97. The lowest BCUT2D eigenvalue weighted by molar-refractivity contribution is -0.137. The third-order valence-corrected chi connectivity index (χ3v) is 4.89. The maximum Gasteiger partial charge on any atom is 0.416 e. The van der Waals surface area contributed by atoms with Crippen LogP contribution in [0.1, 0.15) is 29.9 Å². The molecule has 0 bridgehead atoms. The van der Waals surface area contributed by atoms with Gasteiger partial charge in [0, 0.05) is 29.5 Å². The van der Waals surface area contributed by atoms with Crippen LogP contribution in [-0.2, 0) is 12.7 Å². The van der Waals surface area contributed by atoms with Gasteiger partial charge in [0.2, 0.25) is 11.8 Å². The number of ether oxygens (including phenoxy) is 1. The Morgan fingerprint density at radius 2 is 2.00 bits per heavy atom. The van der Waals surface area contributed by atoms with E-state index >= 15 is 0 Å². The van der Waals surface area contributed by atoms with Crippen molar-refractivity contribution in [3.05, 3.63) is 70.8 Å². The molecule has 0 aliphatic carbocycles. The van der Waals surface area contributed by atoms with Crippen molar-refractivity contribution in [2.45, 2.75) is 19.6 Å². The van der Waals surface area contributed by atoms with E-state index in [1.807, 2.05) is 5.32 Å². The van der Waals surface area contributed by atoms with E-state index in [1.54, 1.807) is 25.3 Å². The van der Waals surface area contributed by atoms with Gasteiger partial charge in [-0.2, -0.15) is 18.2 Å². The molecule has 34 heavy (non-hydrogen) atoms. The highest BCUT2D eigenvalue weighted by Crippen LogP contribution is 2.31. The molecule has 3 aromatic heterocycles. The molecule has 3 N–H and O–H groups in total. The summed E-state index contributed by atoms with van der Waals surface area (Å²) in [5, 5.41) is 5.92. The number of benzene rings is 1. The second-order valence-corrected chi connectivity index (χ2v) is 7.14. The molecule has 0 saturated carbocycles. The number of anilines is 1. The number of nitrogens with zero attached hydrogens (tertiary/aromatic N) is 4. The maximum absolute atomic E-state index is 14.3. The second kappa shape index (κ2) is 8.61. The SMILES string of the molecule is [2H]C([2H])(NC(=O)c1cc(-c2ccn3nc(N)nc3c2)c(C)nc1OC)c1cc(C(F)(F)F)ccc1F. The summed E-state index contributed by atoms with van der Waals surface area (Å²) >= 11 is 0. The summed E-state index contributed by atoms with van der Waals surface area (Å²) < 4.78 is 76.4. The number of hydrogen-bond donors (Lipinski definition) is 2. The topological polar surface area (TPSA) is 107 Å². The van der Waals surface area contributed by atoms with Gasteiger partial charge in [-0.15, -0.1) is 5.10 Å². The molecular formula is C22H18F4N6O2. The molecule has 3 heterocycles. The van der Waals surface area contributed by atoms with Crippen LogP contribution in [0.2, 0.25) is 0 Å². The van der Waals surface area contributed by atoms with Gasteiger partial charge in [-0.1, -0.05) is 0 Å². The zero-order valence-corrected chi connectivity index (χ0v) is 17.7. The molecule has 0 fully saturated rings. The molecule has 1 amide bonds. The fraction of sp³-hybridized carbons (Fsp3) is 0.182. The number of aromatic nitrogens is 4. The van der Waals surface area contributed by atoms with Gasteiger partial charge in [0.15, 0.2) is 5.65 Å². The van der Waals surface area contributed by atoms with Gasteiger partial charge in [-0.05, 0) is 48.9 Å². The summed E-state index contributed by atoms with van der Waals surface area (Å²) in [6, 6.07) is 5.96. The van der Waals surface area contributed by atoms with Gasteiger partial charge in [0.25, 0.3) is 5.91 Å². The van der Waals surface area contributed by atoms with E-state index in [0.29, 0.717) is 40.7 Å². The van der Waals surface area contributed by atoms with Crippen LogP contribution in [0.4, 0.5) is 23.5 Å². The number of fused-ring (bicyclic) bond motifs is 1. The summed E-state index contributed by atoms with van der Waals surface area (Å²) in [6.07, 6.45) is -3.25. The van der Waals surface area contributed by atoms with Crippen molar-refractivity contribution in [2.24, 2.45) is 0 Å². The molecule has 0 aliphatic heterocycles. The number of nitrogens with two attached hydrogens (primary N) is 1. The first-order valence-corrected chi connectivity index (χ1v) is 9.68. The molecule has 0 saturated heterocycles. The molecule has 0 aliphatic rings. The van der Waals surface area contributed by atoms with Crippen LogP contribution in [-0.4, -0.2) is 32.6 Å². The monoisotopic (exact) mass is 476 g/mol. The number of methoxy groups -OCH3 is 1. The lowest BCUT2D eigenvalue weighted by Gasteiger charge is -2.14. The van der Waals surface area contributed by atoms with E-state index in [4.69, 9.17) is 13.2 Å². The Kier molecular flexibility index (Phi) is 5.17. The first-order chi connectivity index (χ1) is 16.8. The van der Waals surface area contributed by atoms with Gasteiger partial charge >= 0.3 is 6.18 Å². The molecule has 4 rings (SSSR count). The molecule has 1 aromatic carbocycles. The molecule has 12 heteroatoms. The minimum Gasteiger partial charge on any atom is -0.480 e. The summed E-state index contributed by atoms with van der Waals surface area (Å²) in [6.45, 7) is -1.35. The maximum atomic E-state index is 14.3. The van der Waals surface area contributed by atoms with Crippen molar-refractivity contribution >= 4 is 17.5 Å². The lowest BCUT2D eigenvalue weighted by Crippen LogP contribution is -2.24. The molecule has 0 spiro atoms. The molecule has 176 valence electrons. The number of hydrogen-bond acceptors (Lipinski definition) is 6. The number of nitrogens with one attached hydrogen (secondary N) is 1. The second-order valence-electron chi connectivity index (χ2n) is 7.14. The van der Waals surface area contributed by atoms with E-state index < -0.39 is 35.5 Å². The van der Waals surface area contributed by atoms with Crippen LogP contribution in [0.15, 0.2) is 42.6 Å². The number of rotatable bonds is 5. The third-order valence-electron chi connectivity index (χ3n) is 4.89. The molecule has 0 atom stereocenters. The highest BCUT2D eigenvalue weighted by atomic mass is 19.4. The Morgan fingerprint density at radius 1 is 1.24 bits per heavy atom. The number of carbonyl (C=O) groups excluding carboxylic acids is 1. The first-order valence-electron chi connectivity index (χ1n) is 10.7.